The number of amides is 1. The van der Waals surface area contributed by atoms with Crippen LogP contribution in [0.15, 0.2) is 72.8 Å². The third-order valence-corrected chi connectivity index (χ3v) is 5.92. The fourth-order valence-electron chi connectivity index (χ4n) is 4.10. The molecule has 3 aromatic rings. The van der Waals surface area contributed by atoms with Crippen LogP contribution in [0.3, 0.4) is 0 Å². The van der Waals surface area contributed by atoms with Crippen molar-refractivity contribution in [3.63, 3.8) is 0 Å². The summed E-state index contributed by atoms with van der Waals surface area (Å²) < 4.78 is 21.6. The van der Waals surface area contributed by atoms with Crippen molar-refractivity contribution in [2.45, 2.75) is 18.6 Å². The number of β-lactam (4-membered cyclic amide) rings is 1. The Morgan fingerprint density at radius 2 is 1.59 bits per heavy atom. The fourth-order valence-corrected chi connectivity index (χ4v) is 4.10. The van der Waals surface area contributed by atoms with Crippen LogP contribution >= 0.6 is 0 Å². The summed E-state index contributed by atoms with van der Waals surface area (Å²) in [5, 5.41) is 0. The molecule has 1 fully saturated rings. The molecular formula is C27H27NO6. The van der Waals surface area contributed by atoms with Gasteiger partial charge in [-0.15, -0.1) is 0 Å². The Morgan fingerprint density at radius 1 is 0.882 bits per heavy atom. The number of carbonyl (C=O) groups excluding carboxylic acids is 2. The summed E-state index contributed by atoms with van der Waals surface area (Å²) in [5.41, 5.74) is 2.37. The topological polar surface area (TPSA) is 74.3 Å². The first-order valence-electron chi connectivity index (χ1n) is 11.0. The maximum absolute atomic E-state index is 13.1. The smallest absolute Gasteiger partial charge is 0.337 e. The molecule has 1 aliphatic rings. The first-order valence-corrected chi connectivity index (χ1v) is 11.0. The summed E-state index contributed by atoms with van der Waals surface area (Å²) in [6.45, 7) is 0.506. The molecule has 34 heavy (non-hydrogen) atoms. The largest absolute Gasteiger partial charge is 0.493 e. The third kappa shape index (κ3) is 4.69. The van der Waals surface area contributed by atoms with Gasteiger partial charge in [0.05, 0.1) is 26.9 Å². The first-order chi connectivity index (χ1) is 16.5. The van der Waals surface area contributed by atoms with Crippen LogP contribution in [0.1, 0.15) is 27.5 Å². The van der Waals surface area contributed by atoms with Crippen molar-refractivity contribution in [3.8, 4) is 17.2 Å². The van der Waals surface area contributed by atoms with Crippen molar-refractivity contribution in [2.24, 2.45) is 0 Å². The maximum Gasteiger partial charge on any atom is 0.337 e. The second-order valence-electron chi connectivity index (χ2n) is 7.88. The Bertz CT molecular complexity index is 1150. The zero-order valence-corrected chi connectivity index (χ0v) is 19.4. The number of ether oxygens (including phenoxy) is 4. The molecule has 176 valence electrons. The molecule has 0 aliphatic carbocycles. The summed E-state index contributed by atoms with van der Waals surface area (Å²) in [6, 6.07) is 21.8. The average Bonchev–Trinajstić information content (AvgIpc) is 2.89. The molecule has 0 N–H and O–H groups in total. The predicted molar refractivity (Wildman–Crippen MR) is 126 cm³/mol. The van der Waals surface area contributed by atoms with Gasteiger partial charge in [0.1, 0.15) is 11.8 Å². The molecule has 3 aromatic carbocycles. The molecule has 0 spiro atoms. The number of hydrogen-bond acceptors (Lipinski definition) is 6. The fraction of sp³-hybridized carbons (Fsp3) is 0.259. The minimum atomic E-state index is -0.642. The minimum absolute atomic E-state index is 0.0774. The minimum Gasteiger partial charge on any atom is -0.493 e. The van der Waals surface area contributed by atoms with Gasteiger partial charge in [0.25, 0.3) is 5.91 Å². The van der Waals surface area contributed by atoms with Gasteiger partial charge < -0.3 is 23.8 Å². The molecule has 0 saturated carbocycles. The Labute approximate surface area is 198 Å². The van der Waals surface area contributed by atoms with Gasteiger partial charge in [0, 0.05) is 6.54 Å². The number of rotatable bonds is 9. The molecule has 7 nitrogen and oxygen atoms in total. The van der Waals surface area contributed by atoms with E-state index < -0.39 is 12.1 Å². The van der Waals surface area contributed by atoms with E-state index in [1.165, 1.54) is 7.11 Å². The van der Waals surface area contributed by atoms with Crippen molar-refractivity contribution >= 4 is 11.9 Å². The lowest BCUT2D eigenvalue weighted by molar-refractivity contribution is -0.164. The summed E-state index contributed by atoms with van der Waals surface area (Å²) in [6.07, 6.45) is -0.00209. The van der Waals surface area contributed by atoms with Gasteiger partial charge in [-0.3, -0.25) is 4.79 Å². The highest BCUT2D eigenvalue weighted by atomic mass is 16.5. The molecule has 0 aromatic heterocycles. The molecule has 4 rings (SSSR count). The van der Waals surface area contributed by atoms with Gasteiger partial charge >= 0.3 is 5.97 Å². The van der Waals surface area contributed by atoms with Crippen molar-refractivity contribution in [1.82, 2.24) is 4.90 Å². The highest BCUT2D eigenvalue weighted by Crippen LogP contribution is 2.38. The van der Waals surface area contributed by atoms with Gasteiger partial charge in [0.15, 0.2) is 11.5 Å². The number of benzene rings is 3. The Balaban J connectivity index is 1.55. The van der Waals surface area contributed by atoms with Crippen LogP contribution < -0.4 is 14.2 Å². The zero-order valence-electron chi connectivity index (χ0n) is 19.4. The lowest BCUT2D eigenvalue weighted by atomic mass is 9.89. The predicted octanol–water partition coefficient (Wildman–Crippen LogP) is 4.06. The molecule has 0 unspecified atom stereocenters. The normalized spacial score (nSPS) is 17.0. The average molecular weight is 462 g/mol. The standard InChI is InChI=1S/C27H27NO6/c1-31-22-14-9-18(17-23(22)32-2)15-16-28-24(19-10-12-20(13-11-19)27(30)33-3)25(26(28)29)34-21-7-5-4-6-8-21/h4-14,17,24-25H,15-16H2,1-3H3/t24-,25-/m1/s1. The number of esters is 1. The summed E-state index contributed by atoms with van der Waals surface area (Å²) >= 11 is 0. The number of methoxy groups -OCH3 is 3. The number of carbonyl (C=O) groups is 2. The molecule has 1 saturated heterocycles. The molecule has 1 aliphatic heterocycles. The van der Waals surface area contributed by atoms with Gasteiger partial charge in [-0.05, 0) is 53.9 Å². The highest BCUT2D eigenvalue weighted by molar-refractivity contribution is 5.90. The molecule has 0 bridgehead atoms. The van der Waals surface area contributed by atoms with Crippen LogP contribution in [-0.2, 0) is 16.0 Å². The van der Waals surface area contributed by atoms with E-state index in [-0.39, 0.29) is 11.9 Å². The number of hydrogen-bond donors (Lipinski definition) is 0. The van der Waals surface area contributed by atoms with Crippen molar-refractivity contribution in [2.75, 3.05) is 27.9 Å². The molecule has 2 atom stereocenters. The van der Waals surface area contributed by atoms with E-state index in [0.717, 1.165) is 11.1 Å². The lowest BCUT2D eigenvalue weighted by Gasteiger charge is -2.47. The molecule has 1 heterocycles. The first kappa shape index (κ1) is 23.2. The second kappa shape index (κ2) is 10.3. The number of nitrogens with zero attached hydrogens (tertiary/aromatic N) is 1. The Hall–Kier alpha value is -4.00. The third-order valence-electron chi connectivity index (χ3n) is 5.92. The van der Waals surface area contributed by atoms with Crippen LogP contribution in [0.5, 0.6) is 17.2 Å². The summed E-state index contributed by atoms with van der Waals surface area (Å²) in [4.78, 5) is 26.7. The van der Waals surface area contributed by atoms with Crippen molar-refractivity contribution < 1.29 is 28.5 Å². The second-order valence-corrected chi connectivity index (χ2v) is 7.88. The van der Waals surface area contributed by atoms with E-state index in [4.69, 9.17) is 18.9 Å². The molecule has 0 radical (unpaired) electrons. The van der Waals surface area contributed by atoms with Crippen molar-refractivity contribution in [1.29, 1.82) is 0 Å². The van der Waals surface area contributed by atoms with Crippen LogP contribution in [0, 0.1) is 0 Å². The van der Waals surface area contributed by atoms with E-state index in [1.807, 2.05) is 60.7 Å². The Kier molecular flexibility index (Phi) is 7.01. The van der Waals surface area contributed by atoms with Gasteiger partial charge in [-0.2, -0.15) is 0 Å². The summed E-state index contributed by atoms with van der Waals surface area (Å²) in [5.74, 6) is 1.46. The van der Waals surface area contributed by atoms with Crippen LogP contribution in [0.4, 0.5) is 0 Å². The number of likely N-dealkylation sites (tertiary alicyclic amines) is 1. The van der Waals surface area contributed by atoms with Crippen LogP contribution in [-0.4, -0.2) is 50.8 Å². The monoisotopic (exact) mass is 461 g/mol. The Morgan fingerprint density at radius 3 is 2.24 bits per heavy atom. The van der Waals surface area contributed by atoms with Gasteiger partial charge in [-0.1, -0.05) is 36.4 Å². The SMILES string of the molecule is COC(=O)c1ccc([C@@H]2[C@@H](Oc3ccccc3)C(=O)N2CCc2ccc(OC)c(OC)c2)cc1. The quantitative estimate of drug-likeness (QED) is 0.353. The van der Waals surface area contributed by atoms with Gasteiger partial charge in [0.2, 0.25) is 6.10 Å². The molecule has 7 heteroatoms. The zero-order chi connectivity index (χ0) is 24.1. The van der Waals surface area contributed by atoms with E-state index >= 15 is 0 Å². The lowest BCUT2D eigenvalue weighted by Crippen LogP contribution is -2.61. The van der Waals surface area contributed by atoms with E-state index in [1.54, 1.807) is 31.3 Å². The van der Waals surface area contributed by atoms with E-state index in [2.05, 4.69) is 0 Å². The van der Waals surface area contributed by atoms with Crippen LogP contribution in [0.25, 0.3) is 0 Å². The van der Waals surface area contributed by atoms with Crippen LogP contribution in [0.2, 0.25) is 0 Å². The van der Waals surface area contributed by atoms with Crippen molar-refractivity contribution in [3.05, 3.63) is 89.5 Å². The maximum atomic E-state index is 13.1. The van der Waals surface area contributed by atoms with E-state index in [9.17, 15) is 9.59 Å². The van der Waals surface area contributed by atoms with E-state index in [0.29, 0.717) is 35.8 Å². The molecule has 1 amide bonds. The highest BCUT2D eigenvalue weighted by Gasteiger charge is 2.49. The summed E-state index contributed by atoms with van der Waals surface area (Å²) in [7, 11) is 4.54. The molecular weight excluding hydrogens is 434 g/mol. The van der Waals surface area contributed by atoms with Gasteiger partial charge in [-0.25, -0.2) is 4.79 Å². The number of para-hydroxylation sites is 1.